The van der Waals surface area contributed by atoms with Crippen molar-refractivity contribution in [1.82, 2.24) is 0 Å². The van der Waals surface area contributed by atoms with Crippen molar-refractivity contribution in [3.63, 3.8) is 0 Å². The summed E-state index contributed by atoms with van der Waals surface area (Å²) in [5.74, 6) is 0. The second kappa shape index (κ2) is 2.45. The molecule has 0 heterocycles. The molecule has 1 nitrogen and oxygen atoms in total. The van der Waals surface area contributed by atoms with E-state index in [0.717, 1.165) is 0 Å². The van der Waals surface area contributed by atoms with Gasteiger partial charge in [-0.2, -0.15) is 5.26 Å². The quantitative estimate of drug-likeness (QED) is 0.566. The molecule has 0 aromatic carbocycles. The molecule has 1 atom stereocenters. The lowest BCUT2D eigenvalue weighted by Gasteiger charge is -2.13. The zero-order valence-electron chi connectivity index (χ0n) is 4.78. The van der Waals surface area contributed by atoms with Gasteiger partial charge in [0.05, 0.1) is 6.07 Å². The molecule has 0 radical (unpaired) electrons. The summed E-state index contributed by atoms with van der Waals surface area (Å²) in [6, 6.07) is 1.75. The van der Waals surface area contributed by atoms with Crippen LogP contribution >= 0.6 is 15.9 Å². The smallest absolute Gasteiger partial charge is 0.135 e. The van der Waals surface area contributed by atoms with Crippen molar-refractivity contribution in [2.75, 3.05) is 0 Å². The molecule has 0 aliphatic carbocycles. The molecule has 3 heteroatoms. The maximum absolute atomic E-state index is 12.5. The van der Waals surface area contributed by atoms with Gasteiger partial charge in [0.15, 0.2) is 0 Å². The van der Waals surface area contributed by atoms with Crippen molar-refractivity contribution in [3.05, 3.63) is 0 Å². The molecule has 0 aromatic heterocycles. The van der Waals surface area contributed by atoms with E-state index in [1.807, 2.05) is 0 Å². The maximum atomic E-state index is 12.5. The van der Waals surface area contributed by atoms with Gasteiger partial charge < -0.3 is 0 Å². The molecular weight excluding hydrogens is 173 g/mol. The number of hydrogen-bond acceptors (Lipinski definition) is 1. The van der Waals surface area contributed by atoms with Crippen LogP contribution in [0.25, 0.3) is 0 Å². The SMILES string of the molecule is CC(C)(F)C(Br)C#N. The van der Waals surface area contributed by atoms with Gasteiger partial charge in [-0.05, 0) is 13.8 Å². The predicted molar refractivity (Wildman–Crippen MR) is 33.5 cm³/mol. The molecule has 0 rings (SSSR count). The van der Waals surface area contributed by atoms with Crippen molar-refractivity contribution < 1.29 is 4.39 Å². The van der Waals surface area contributed by atoms with Gasteiger partial charge in [-0.15, -0.1) is 0 Å². The second-order valence-corrected chi connectivity index (χ2v) is 2.97. The van der Waals surface area contributed by atoms with Crippen LogP contribution in [0.4, 0.5) is 4.39 Å². The van der Waals surface area contributed by atoms with E-state index in [-0.39, 0.29) is 0 Å². The van der Waals surface area contributed by atoms with Crippen molar-refractivity contribution in [2.45, 2.75) is 24.3 Å². The molecule has 0 fully saturated rings. The lowest BCUT2D eigenvalue weighted by molar-refractivity contribution is 0.233. The number of nitrogens with zero attached hydrogens (tertiary/aromatic N) is 1. The van der Waals surface area contributed by atoms with Gasteiger partial charge in [-0.3, -0.25) is 0 Å². The Morgan fingerprint density at radius 3 is 2.12 bits per heavy atom. The standard InChI is InChI=1S/C5H7BrFN/c1-5(2,7)4(6)3-8/h4H,1-2H3. The fourth-order valence-electron chi connectivity index (χ4n) is 0.153. The van der Waals surface area contributed by atoms with Crippen molar-refractivity contribution in [2.24, 2.45) is 0 Å². The van der Waals surface area contributed by atoms with E-state index in [0.29, 0.717) is 0 Å². The summed E-state index contributed by atoms with van der Waals surface area (Å²) in [4.78, 5) is -0.699. The average molecular weight is 180 g/mol. The van der Waals surface area contributed by atoms with Gasteiger partial charge in [-0.25, -0.2) is 4.39 Å². The van der Waals surface area contributed by atoms with Crippen molar-refractivity contribution >= 4 is 15.9 Å². The number of rotatable bonds is 1. The van der Waals surface area contributed by atoms with Crippen LogP contribution in [0.2, 0.25) is 0 Å². The van der Waals surface area contributed by atoms with Gasteiger partial charge in [0.25, 0.3) is 0 Å². The minimum Gasteiger partial charge on any atom is -0.242 e. The highest BCUT2D eigenvalue weighted by Gasteiger charge is 2.25. The molecule has 0 saturated heterocycles. The molecule has 0 N–H and O–H groups in total. The first-order chi connectivity index (χ1) is 3.48. The third-order valence-electron chi connectivity index (χ3n) is 0.716. The maximum Gasteiger partial charge on any atom is 0.135 e. The predicted octanol–water partition coefficient (Wildman–Crippen LogP) is 2.02. The summed E-state index contributed by atoms with van der Waals surface area (Å²) in [5.41, 5.74) is -1.44. The lowest BCUT2D eigenvalue weighted by atomic mass is 10.1. The summed E-state index contributed by atoms with van der Waals surface area (Å²) in [5, 5.41) is 8.13. The molecule has 8 heavy (non-hydrogen) atoms. The summed E-state index contributed by atoms with van der Waals surface area (Å²) in [6.45, 7) is 2.71. The van der Waals surface area contributed by atoms with E-state index < -0.39 is 10.5 Å². The molecular formula is C5H7BrFN. The van der Waals surface area contributed by atoms with E-state index in [9.17, 15) is 4.39 Å². The molecule has 1 unspecified atom stereocenters. The first-order valence-corrected chi connectivity index (χ1v) is 3.12. The third kappa shape index (κ3) is 2.27. The Bertz CT molecular complexity index is 111. The first kappa shape index (κ1) is 7.90. The van der Waals surface area contributed by atoms with E-state index in [4.69, 9.17) is 5.26 Å². The van der Waals surface area contributed by atoms with Gasteiger partial charge >= 0.3 is 0 Å². The molecule has 0 spiro atoms. The Morgan fingerprint density at radius 1 is 1.75 bits per heavy atom. The minimum absolute atomic E-state index is 0.699. The Kier molecular flexibility index (Phi) is 2.42. The van der Waals surface area contributed by atoms with Gasteiger partial charge in [0.1, 0.15) is 10.5 Å². The first-order valence-electron chi connectivity index (χ1n) is 2.21. The highest BCUT2D eigenvalue weighted by Crippen LogP contribution is 2.20. The fourth-order valence-corrected chi connectivity index (χ4v) is 0.153. The molecule has 0 aliphatic rings. The minimum atomic E-state index is -1.44. The average Bonchev–Trinajstić information content (AvgIpc) is 1.62. The van der Waals surface area contributed by atoms with Crippen LogP contribution in [0, 0.1) is 11.3 Å². The summed E-state index contributed by atoms with van der Waals surface area (Å²) >= 11 is 2.86. The summed E-state index contributed by atoms with van der Waals surface area (Å²) < 4.78 is 12.5. The van der Waals surface area contributed by atoms with Crippen molar-refractivity contribution in [3.8, 4) is 6.07 Å². The topological polar surface area (TPSA) is 23.8 Å². The number of hydrogen-bond donors (Lipinski definition) is 0. The van der Waals surface area contributed by atoms with Gasteiger partial charge in [0, 0.05) is 0 Å². The number of nitriles is 1. The number of halogens is 2. The highest BCUT2D eigenvalue weighted by atomic mass is 79.9. The van der Waals surface area contributed by atoms with Crippen LogP contribution in [-0.4, -0.2) is 10.5 Å². The van der Waals surface area contributed by atoms with Gasteiger partial charge in [0.2, 0.25) is 0 Å². The number of alkyl halides is 2. The van der Waals surface area contributed by atoms with E-state index in [2.05, 4.69) is 15.9 Å². The van der Waals surface area contributed by atoms with Crippen LogP contribution < -0.4 is 0 Å². The Labute approximate surface area is 56.6 Å². The van der Waals surface area contributed by atoms with Gasteiger partial charge in [-0.1, -0.05) is 15.9 Å². The fraction of sp³-hybridized carbons (Fsp3) is 0.800. The van der Waals surface area contributed by atoms with E-state index in [1.54, 1.807) is 6.07 Å². The zero-order chi connectivity index (χ0) is 6.78. The molecule has 0 saturated carbocycles. The summed E-state index contributed by atoms with van der Waals surface area (Å²) in [6.07, 6.45) is 0. The lowest BCUT2D eigenvalue weighted by Crippen LogP contribution is -2.23. The molecule has 0 amide bonds. The van der Waals surface area contributed by atoms with E-state index in [1.165, 1.54) is 13.8 Å². The van der Waals surface area contributed by atoms with Crippen LogP contribution in [0.1, 0.15) is 13.8 Å². The molecule has 46 valence electrons. The summed E-state index contributed by atoms with van der Waals surface area (Å²) in [7, 11) is 0. The monoisotopic (exact) mass is 179 g/mol. The second-order valence-electron chi connectivity index (χ2n) is 2.06. The van der Waals surface area contributed by atoms with Crippen LogP contribution in [0.5, 0.6) is 0 Å². The normalized spacial score (nSPS) is 14.9. The largest absolute Gasteiger partial charge is 0.242 e. The Morgan fingerprint density at radius 2 is 2.12 bits per heavy atom. The van der Waals surface area contributed by atoms with Crippen LogP contribution in [0.3, 0.4) is 0 Å². The van der Waals surface area contributed by atoms with E-state index >= 15 is 0 Å². The Hall–Kier alpha value is -0.100. The van der Waals surface area contributed by atoms with Crippen molar-refractivity contribution in [1.29, 1.82) is 5.26 Å². The molecule has 0 bridgehead atoms. The van der Waals surface area contributed by atoms with Crippen LogP contribution in [-0.2, 0) is 0 Å². The Balaban J connectivity index is 3.87. The molecule has 0 aromatic rings. The zero-order valence-corrected chi connectivity index (χ0v) is 6.37. The third-order valence-corrected chi connectivity index (χ3v) is 2.01. The van der Waals surface area contributed by atoms with Crippen LogP contribution in [0.15, 0.2) is 0 Å². The molecule has 0 aliphatic heterocycles. The highest BCUT2D eigenvalue weighted by molar-refractivity contribution is 9.09.